The maximum atomic E-state index is 12.5. The van der Waals surface area contributed by atoms with Crippen LogP contribution in [0.5, 0.6) is 5.75 Å². The summed E-state index contributed by atoms with van der Waals surface area (Å²) in [5.41, 5.74) is 0.783. The molecule has 0 aromatic heterocycles. The number of hydrogen-bond donors (Lipinski definition) is 1. The Labute approximate surface area is 165 Å². The van der Waals surface area contributed by atoms with Gasteiger partial charge in [-0.15, -0.1) is 0 Å². The monoisotopic (exact) mass is 414 g/mol. The van der Waals surface area contributed by atoms with E-state index in [1.165, 1.54) is 12.1 Å². The van der Waals surface area contributed by atoms with E-state index in [4.69, 9.17) is 13.7 Å². The van der Waals surface area contributed by atoms with Gasteiger partial charge in [-0.2, -0.15) is 8.42 Å². The summed E-state index contributed by atoms with van der Waals surface area (Å²) in [4.78, 5) is 25.6. The third kappa shape index (κ3) is 7.73. The number of urea groups is 1. The van der Waals surface area contributed by atoms with Crippen molar-refractivity contribution in [2.75, 3.05) is 32.6 Å². The van der Waals surface area contributed by atoms with Gasteiger partial charge >= 0.3 is 22.1 Å². The summed E-state index contributed by atoms with van der Waals surface area (Å²) in [5.74, 6) is -0.307. The molecule has 2 rings (SSSR count). The molecule has 1 saturated heterocycles. The van der Waals surface area contributed by atoms with Crippen LogP contribution in [-0.2, 0) is 30.9 Å². The van der Waals surface area contributed by atoms with E-state index in [9.17, 15) is 18.0 Å². The smallest absolute Gasteiger partial charge is 0.325 e. The van der Waals surface area contributed by atoms with Crippen LogP contribution < -0.4 is 9.50 Å². The van der Waals surface area contributed by atoms with Gasteiger partial charge in [0, 0.05) is 19.7 Å². The fraction of sp³-hybridized carbons (Fsp3) is 0.556. The van der Waals surface area contributed by atoms with Gasteiger partial charge in [0.05, 0.1) is 19.0 Å². The fourth-order valence-corrected chi connectivity index (χ4v) is 3.23. The van der Waals surface area contributed by atoms with Crippen molar-refractivity contribution < 1.29 is 31.7 Å². The molecule has 1 heterocycles. The third-order valence-electron chi connectivity index (χ3n) is 3.97. The van der Waals surface area contributed by atoms with E-state index >= 15 is 0 Å². The van der Waals surface area contributed by atoms with Crippen LogP contribution in [0.15, 0.2) is 24.3 Å². The zero-order valence-corrected chi connectivity index (χ0v) is 16.9. The predicted molar refractivity (Wildman–Crippen MR) is 101 cm³/mol. The molecule has 0 radical (unpaired) electrons. The van der Waals surface area contributed by atoms with E-state index < -0.39 is 22.1 Å². The number of esters is 1. The van der Waals surface area contributed by atoms with Crippen LogP contribution in [0, 0.1) is 0 Å². The standard InChI is InChI=1S/C18H26N2O7S/c1-3-25-17(21)11-19-18(22)20(13-16-5-4-10-26-16)12-14-6-8-15(9-7-14)27-28(2,23)24/h6-9,16H,3-5,10-13H2,1-2H3,(H,19,22)/t16-/m1/s1. The largest absolute Gasteiger partial charge is 0.465 e. The fourth-order valence-electron chi connectivity index (χ4n) is 2.77. The van der Waals surface area contributed by atoms with Gasteiger partial charge in [0.2, 0.25) is 0 Å². The first kappa shape index (κ1) is 22.0. The van der Waals surface area contributed by atoms with Crippen molar-refractivity contribution in [1.82, 2.24) is 10.2 Å². The zero-order valence-electron chi connectivity index (χ0n) is 16.0. The van der Waals surface area contributed by atoms with E-state index in [-0.39, 0.29) is 31.5 Å². The number of ether oxygens (including phenoxy) is 2. The molecule has 1 aliphatic heterocycles. The Morgan fingerprint density at radius 2 is 2.00 bits per heavy atom. The number of hydrogen-bond acceptors (Lipinski definition) is 7. The van der Waals surface area contributed by atoms with E-state index in [0.717, 1.165) is 24.7 Å². The second-order valence-corrected chi connectivity index (χ2v) is 7.99. The molecule has 9 nitrogen and oxygen atoms in total. The molecule has 10 heteroatoms. The first-order chi connectivity index (χ1) is 13.3. The van der Waals surface area contributed by atoms with E-state index in [1.807, 2.05) is 0 Å². The lowest BCUT2D eigenvalue weighted by Gasteiger charge is -2.25. The molecule has 0 unspecified atom stereocenters. The van der Waals surface area contributed by atoms with Gasteiger partial charge < -0.3 is 23.9 Å². The molecule has 0 saturated carbocycles. The second-order valence-electron chi connectivity index (χ2n) is 6.41. The predicted octanol–water partition coefficient (Wildman–Crippen LogP) is 1.28. The minimum Gasteiger partial charge on any atom is -0.465 e. The Balaban J connectivity index is 2.01. The lowest BCUT2D eigenvalue weighted by Crippen LogP contribution is -2.45. The lowest BCUT2D eigenvalue weighted by molar-refractivity contribution is -0.141. The Kier molecular flexibility index (Phi) is 8.06. The third-order valence-corrected chi connectivity index (χ3v) is 4.46. The molecular formula is C18H26N2O7S. The van der Waals surface area contributed by atoms with Crippen molar-refractivity contribution in [3.05, 3.63) is 29.8 Å². The van der Waals surface area contributed by atoms with Crippen LogP contribution in [0.1, 0.15) is 25.3 Å². The average molecular weight is 414 g/mol. The Hall–Kier alpha value is -2.33. The minimum atomic E-state index is -3.60. The first-order valence-corrected chi connectivity index (χ1v) is 10.9. The quantitative estimate of drug-likeness (QED) is 0.478. The highest BCUT2D eigenvalue weighted by atomic mass is 32.2. The summed E-state index contributed by atoms with van der Waals surface area (Å²) >= 11 is 0. The van der Waals surface area contributed by atoms with Crippen molar-refractivity contribution in [2.24, 2.45) is 0 Å². The number of benzene rings is 1. The van der Waals surface area contributed by atoms with Crippen LogP contribution in [-0.4, -0.2) is 64.0 Å². The van der Waals surface area contributed by atoms with Gasteiger partial charge in [-0.05, 0) is 37.5 Å². The Bertz CT molecular complexity index is 759. The lowest BCUT2D eigenvalue weighted by atomic mass is 10.2. The van der Waals surface area contributed by atoms with Crippen molar-refractivity contribution >= 4 is 22.1 Å². The number of nitrogens with zero attached hydrogens (tertiary/aromatic N) is 1. The molecule has 156 valence electrons. The van der Waals surface area contributed by atoms with Gasteiger partial charge in [-0.3, -0.25) is 4.79 Å². The summed E-state index contributed by atoms with van der Waals surface area (Å²) < 4.78 is 37.6. The number of rotatable bonds is 9. The molecule has 1 atom stereocenters. The zero-order chi connectivity index (χ0) is 20.6. The minimum absolute atomic E-state index is 0.0545. The molecular weight excluding hydrogens is 388 g/mol. The van der Waals surface area contributed by atoms with Crippen LogP contribution in [0.4, 0.5) is 4.79 Å². The van der Waals surface area contributed by atoms with Gasteiger partial charge in [0.1, 0.15) is 12.3 Å². The molecule has 1 aromatic carbocycles. The molecule has 2 amide bonds. The summed E-state index contributed by atoms with van der Waals surface area (Å²) in [6.07, 6.45) is 2.72. The maximum absolute atomic E-state index is 12.5. The molecule has 1 N–H and O–H groups in total. The van der Waals surface area contributed by atoms with Gasteiger partial charge in [-0.25, -0.2) is 4.79 Å². The summed E-state index contributed by atoms with van der Waals surface area (Å²) in [6, 6.07) is 6.01. The molecule has 1 fully saturated rings. The van der Waals surface area contributed by atoms with E-state index in [1.54, 1.807) is 24.0 Å². The maximum Gasteiger partial charge on any atom is 0.325 e. The van der Waals surface area contributed by atoms with Crippen LogP contribution in [0.2, 0.25) is 0 Å². The Morgan fingerprint density at radius 3 is 2.57 bits per heavy atom. The molecule has 0 bridgehead atoms. The van der Waals surface area contributed by atoms with Crippen LogP contribution in [0.25, 0.3) is 0 Å². The van der Waals surface area contributed by atoms with Gasteiger partial charge in [0.25, 0.3) is 0 Å². The molecule has 0 spiro atoms. The second kappa shape index (κ2) is 10.3. The number of amides is 2. The summed E-state index contributed by atoms with van der Waals surface area (Å²) in [7, 11) is -3.60. The number of carbonyl (C=O) groups excluding carboxylic acids is 2. The average Bonchev–Trinajstić information content (AvgIpc) is 3.13. The van der Waals surface area contributed by atoms with Gasteiger partial charge in [-0.1, -0.05) is 12.1 Å². The molecule has 0 aliphatic carbocycles. The highest BCUT2D eigenvalue weighted by Crippen LogP contribution is 2.18. The van der Waals surface area contributed by atoms with Crippen molar-refractivity contribution in [3.8, 4) is 5.75 Å². The topological polar surface area (TPSA) is 111 Å². The van der Waals surface area contributed by atoms with Crippen molar-refractivity contribution in [2.45, 2.75) is 32.4 Å². The van der Waals surface area contributed by atoms with Gasteiger partial charge in [0.15, 0.2) is 0 Å². The highest BCUT2D eigenvalue weighted by molar-refractivity contribution is 7.86. The number of nitrogens with one attached hydrogen (secondary N) is 1. The first-order valence-electron chi connectivity index (χ1n) is 9.05. The summed E-state index contributed by atoms with van der Waals surface area (Å²) in [6.45, 7) is 3.05. The van der Waals surface area contributed by atoms with Crippen LogP contribution in [0.3, 0.4) is 0 Å². The van der Waals surface area contributed by atoms with Crippen molar-refractivity contribution in [1.29, 1.82) is 0 Å². The number of carbonyl (C=O) groups is 2. The molecule has 1 aliphatic rings. The van der Waals surface area contributed by atoms with E-state index in [2.05, 4.69) is 5.32 Å². The van der Waals surface area contributed by atoms with Crippen LogP contribution >= 0.6 is 0 Å². The summed E-state index contributed by atoms with van der Waals surface area (Å²) in [5, 5.41) is 2.56. The molecule has 28 heavy (non-hydrogen) atoms. The normalized spacial score (nSPS) is 16.4. The van der Waals surface area contributed by atoms with Crippen molar-refractivity contribution in [3.63, 3.8) is 0 Å². The van der Waals surface area contributed by atoms with E-state index in [0.29, 0.717) is 13.2 Å². The highest BCUT2D eigenvalue weighted by Gasteiger charge is 2.23. The Morgan fingerprint density at radius 1 is 1.29 bits per heavy atom. The molecule has 1 aromatic rings. The SMILES string of the molecule is CCOC(=O)CNC(=O)N(Cc1ccc(OS(C)(=O)=O)cc1)C[C@H]1CCCO1.